The van der Waals surface area contributed by atoms with E-state index < -0.39 is 0 Å². The summed E-state index contributed by atoms with van der Waals surface area (Å²) >= 11 is 0. The number of aryl methyl sites for hydroxylation is 1. The van der Waals surface area contributed by atoms with Gasteiger partial charge in [-0.1, -0.05) is 37.3 Å². The monoisotopic (exact) mass is 254 g/mol. The van der Waals surface area contributed by atoms with E-state index >= 15 is 0 Å². The summed E-state index contributed by atoms with van der Waals surface area (Å²) in [7, 11) is 0. The van der Waals surface area contributed by atoms with E-state index in [1.807, 2.05) is 54.6 Å². The normalized spacial score (nSPS) is 9.95. The molecule has 2 aromatic carbocycles. The zero-order chi connectivity index (χ0) is 13.5. The highest BCUT2D eigenvalue weighted by molar-refractivity contribution is 5.93. The zero-order valence-corrected chi connectivity index (χ0v) is 11.0. The van der Waals surface area contributed by atoms with Gasteiger partial charge in [-0.3, -0.25) is 4.79 Å². The summed E-state index contributed by atoms with van der Waals surface area (Å²) in [5, 5.41) is 5.94. The van der Waals surface area contributed by atoms with E-state index in [1.54, 1.807) is 0 Å². The van der Waals surface area contributed by atoms with Gasteiger partial charge in [0, 0.05) is 11.4 Å². The molecule has 98 valence electrons. The van der Waals surface area contributed by atoms with Gasteiger partial charge in [-0.2, -0.15) is 0 Å². The number of anilines is 2. The van der Waals surface area contributed by atoms with Gasteiger partial charge in [-0.05, 0) is 36.2 Å². The number of para-hydroxylation sites is 1. The topological polar surface area (TPSA) is 41.1 Å². The summed E-state index contributed by atoms with van der Waals surface area (Å²) in [5.74, 6) is -0.0481. The first-order valence-corrected chi connectivity index (χ1v) is 6.45. The maximum atomic E-state index is 11.8. The molecule has 0 fully saturated rings. The standard InChI is InChI=1S/C16H18N2O/c1-2-13-8-10-15(11-9-13)18-16(19)12-17-14-6-4-3-5-7-14/h3-11,17H,2,12H2,1H3,(H,18,19). The van der Waals surface area contributed by atoms with E-state index in [0.717, 1.165) is 17.8 Å². The molecule has 0 aliphatic carbocycles. The lowest BCUT2D eigenvalue weighted by Gasteiger charge is -2.08. The van der Waals surface area contributed by atoms with Gasteiger partial charge in [-0.15, -0.1) is 0 Å². The van der Waals surface area contributed by atoms with Crippen LogP contribution in [0.25, 0.3) is 0 Å². The Balaban J connectivity index is 1.83. The Morgan fingerprint density at radius 3 is 2.26 bits per heavy atom. The SMILES string of the molecule is CCc1ccc(NC(=O)CNc2ccccc2)cc1. The molecule has 2 N–H and O–H groups in total. The first-order valence-electron chi connectivity index (χ1n) is 6.45. The molecule has 0 bridgehead atoms. The Kier molecular flexibility index (Phi) is 4.56. The quantitative estimate of drug-likeness (QED) is 0.859. The molecule has 0 heterocycles. The number of nitrogens with one attached hydrogen (secondary N) is 2. The van der Waals surface area contributed by atoms with Crippen LogP contribution in [0.15, 0.2) is 54.6 Å². The second-order valence-corrected chi connectivity index (χ2v) is 4.32. The third kappa shape index (κ3) is 4.14. The predicted molar refractivity (Wildman–Crippen MR) is 79.4 cm³/mol. The minimum atomic E-state index is -0.0481. The van der Waals surface area contributed by atoms with Crippen molar-refractivity contribution in [2.75, 3.05) is 17.2 Å². The largest absolute Gasteiger partial charge is 0.376 e. The Bertz CT molecular complexity index is 520. The Morgan fingerprint density at radius 2 is 1.63 bits per heavy atom. The van der Waals surface area contributed by atoms with Crippen LogP contribution in [0.3, 0.4) is 0 Å². The van der Waals surface area contributed by atoms with Crippen LogP contribution < -0.4 is 10.6 Å². The summed E-state index contributed by atoms with van der Waals surface area (Å²) in [4.78, 5) is 11.8. The van der Waals surface area contributed by atoms with Crippen molar-refractivity contribution in [3.05, 3.63) is 60.2 Å². The molecule has 1 amide bonds. The number of hydrogen-bond donors (Lipinski definition) is 2. The lowest BCUT2D eigenvalue weighted by molar-refractivity contribution is -0.114. The minimum Gasteiger partial charge on any atom is -0.376 e. The Hall–Kier alpha value is -2.29. The summed E-state index contributed by atoms with van der Waals surface area (Å²) in [5.41, 5.74) is 3.04. The maximum Gasteiger partial charge on any atom is 0.243 e. The number of benzene rings is 2. The molecule has 0 aromatic heterocycles. The van der Waals surface area contributed by atoms with Crippen LogP contribution >= 0.6 is 0 Å². The number of rotatable bonds is 5. The molecule has 0 radical (unpaired) electrons. The first kappa shape index (κ1) is 13.1. The summed E-state index contributed by atoms with van der Waals surface area (Å²) in [6.45, 7) is 2.37. The van der Waals surface area contributed by atoms with E-state index in [9.17, 15) is 4.79 Å². The van der Waals surface area contributed by atoms with E-state index in [2.05, 4.69) is 17.6 Å². The van der Waals surface area contributed by atoms with Gasteiger partial charge < -0.3 is 10.6 Å². The number of carbonyl (C=O) groups excluding carboxylic acids is 1. The van der Waals surface area contributed by atoms with Crippen LogP contribution in [0.2, 0.25) is 0 Å². The van der Waals surface area contributed by atoms with Crippen molar-refractivity contribution in [1.82, 2.24) is 0 Å². The summed E-state index contributed by atoms with van der Waals surface area (Å²) in [6.07, 6.45) is 1.00. The molecule has 0 saturated carbocycles. The highest BCUT2D eigenvalue weighted by Crippen LogP contribution is 2.10. The molecule has 0 aliphatic heterocycles. The number of hydrogen-bond acceptors (Lipinski definition) is 2. The second-order valence-electron chi connectivity index (χ2n) is 4.32. The average molecular weight is 254 g/mol. The van der Waals surface area contributed by atoms with Crippen LogP contribution in [0.4, 0.5) is 11.4 Å². The fourth-order valence-corrected chi connectivity index (χ4v) is 1.77. The van der Waals surface area contributed by atoms with Crippen molar-refractivity contribution >= 4 is 17.3 Å². The lowest BCUT2D eigenvalue weighted by atomic mass is 10.1. The highest BCUT2D eigenvalue weighted by atomic mass is 16.1. The average Bonchev–Trinajstić information content (AvgIpc) is 2.47. The van der Waals surface area contributed by atoms with Crippen molar-refractivity contribution in [1.29, 1.82) is 0 Å². The second kappa shape index (κ2) is 6.59. The van der Waals surface area contributed by atoms with Crippen LogP contribution in [-0.2, 0) is 11.2 Å². The molecule has 0 atom stereocenters. The van der Waals surface area contributed by atoms with Gasteiger partial charge in [0.1, 0.15) is 0 Å². The summed E-state index contributed by atoms with van der Waals surface area (Å²) < 4.78 is 0. The molecule has 19 heavy (non-hydrogen) atoms. The molecule has 0 unspecified atom stereocenters. The molecule has 3 nitrogen and oxygen atoms in total. The molecule has 0 spiro atoms. The van der Waals surface area contributed by atoms with Crippen LogP contribution in [0.1, 0.15) is 12.5 Å². The maximum absolute atomic E-state index is 11.8. The highest BCUT2D eigenvalue weighted by Gasteiger charge is 2.01. The smallest absolute Gasteiger partial charge is 0.243 e. The van der Waals surface area contributed by atoms with E-state index in [0.29, 0.717) is 0 Å². The van der Waals surface area contributed by atoms with E-state index in [4.69, 9.17) is 0 Å². The van der Waals surface area contributed by atoms with E-state index in [1.165, 1.54) is 5.56 Å². The van der Waals surface area contributed by atoms with Crippen LogP contribution in [0, 0.1) is 0 Å². The van der Waals surface area contributed by atoms with Crippen LogP contribution in [0.5, 0.6) is 0 Å². The molecule has 2 rings (SSSR count). The molecule has 0 saturated heterocycles. The molecular weight excluding hydrogens is 236 g/mol. The van der Waals surface area contributed by atoms with Gasteiger partial charge in [0.15, 0.2) is 0 Å². The van der Waals surface area contributed by atoms with Gasteiger partial charge in [0.2, 0.25) is 5.91 Å². The van der Waals surface area contributed by atoms with Crippen LogP contribution in [-0.4, -0.2) is 12.5 Å². The van der Waals surface area contributed by atoms with E-state index in [-0.39, 0.29) is 12.5 Å². The van der Waals surface area contributed by atoms with Gasteiger partial charge in [0.25, 0.3) is 0 Å². The number of carbonyl (C=O) groups is 1. The Labute approximate surface area is 113 Å². The fourth-order valence-electron chi connectivity index (χ4n) is 1.77. The number of amides is 1. The van der Waals surface area contributed by atoms with Crippen molar-refractivity contribution in [2.24, 2.45) is 0 Å². The summed E-state index contributed by atoms with van der Waals surface area (Å²) in [6, 6.07) is 17.6. The van der Waals surface area contributed by atoms with Gasteiger partial charge in [0.05, 0.1) is 6.54 Å². The predicted octanol–water partition coefficient (Wildman–Crippen LogP) is 3.30. The first-order chi connectivity index (χ1) is 9.28. The molecular formula is C16H18N2O. The third-order valence-electron chi connectivity index (χ3n) is 2.87. The van der Waals surface area contributed by atoms with Gasteiger partial charge in [-0.25, -0.2) is 0 Å². The minimum absolute atomic E-state index is 0.0481. The lowest BCUT2D eigenvalue weighted by Crippen LogP contribution is -2.21. The molecule has 3 heteroatoms. The fraction of sp³-hybridized carbons (Fsp3) is 0.188. The van der Waals surface area contributed by atoms with Crippen molar-refractivity contribution in [3.63, 3.8) is 0 Å². The zero-order valence-electron chi connectivity index (χ0n) is 11.0. The molecule has 2 aromatic rings. The third-order valence-corrected chi connectivity index (χ3v) is 2.87. The Morgan fingerprint density at radius 1 is 0.947 bits per heavy atom. The van der Waals surface area contributed by atoms with Crippen molar-refractivity contribution in [2.45, 2.75) is 13.3 Å². The molecule has 0 aliphatic rings. The van der Waals surface area contributed by atoms with Crippen molar-refractivity contribution in [3.8, 4) is 0 Å². The van der Waals surface area contributed by atoms with Crippen molar-refractivity contribution < 1.29 is 4.79 Å². The van der Waals surface area contributed by atoms with Gasteiger partial charge >= 0.3 is 0 Å².